The minimum Gasteiger partial charge on any atom is -0.389 e. The zero-order valence-corrected chi connectivity index (χ0v) is 6.98. The molecule has 2 N–H and O–H groups in total. The van der Waals surface area contributed by atoms with Gasteiger partial charge in [0.25, 0.3) is 0 Å². The van der Waals surface area contributed by atoms with Crippen LogP contribution in [0.2, 0.25) is 0 Å². The van der Waals surface area contributed by atoms with E-state index < -0.39 is 5.60 Å². The smallest absolute Gasteiger partial charge is 0.0764 e. The SMILES string of the molecule is CCONCC(C)(O)CC. The lowest BCUT2D eigenvalue weighted by Gasteiger charge is -2.20. The first-order chi connectivity index (χ1) is 4.62. The zero-order chi connectivity index (χ0) is 8.04. The lowest BCUT2D eigenvalue weighted by Crippen LogP contribution is -2.37. The van der Waals surface area contributed by atoms with Gasteiger partial charge >= 0.3 is 0 Å². The van der Waals surface area contributed by atoms with Gasteiger partial charge in [0.2, 0.25) is 0 Å². The Hall–Kier alpha value is -0.120. The number of aliphatic hydroxyl groups is 1. The highest BCUT2D eigenvalue weighted by Crippen LogP contribution is 2.05. The molecule has 0 fully saturated rings. The largest absolute Gasteiger partial charge is 0.389 e. The van der Waals surface area contributed by atoms with Crippen molar-refractivity contribution in [2.24, 2.45) is 0 Å². The molecule has 0 aliphatic rings. The van der Waals surface area contributed by atoms with E-state index in [1.54, 1.807) is 6.92 Å². The summed E-state index contributed by atoms with van der Waals surface area (Å²) in [6.45, 7) is 6.72. The molecule has 1 atom stereocenters. The summed E-state index contributed by atoms with van der Waals surface area (Å²) in [5.74, 6) is 0. The summed E-state index contributed by atoms with van der Waals surface area (Å²) in [4.78, 5) is 4.86. The van der Waals surface area contributed by atoms with Crippen molar-refractivity contribution >= 4 is 0 Å². The lowest BCUT2D eigenvalue weighted by atomic mass is 10.1. The van der Waals surface area contributed by atoms with E-state index in [-0.39, 0.29) is 0 Å². The first-order valence-corrected chi connectivity index (χ1v) is 3.69. The van der Waals surface area contributed by atoms with E-state index in [0.717, 1.165) is 6.42 Å². The van der Waals surface area contributed by atoms with Gasteiger partial charge in [-0.3, -0.25) is 0 Å². The van der Waals surface area contributed by atoms with Crippen LogP contribution in [0.25, 0.3) is 0 Å². The third-order valence-electron chi connectivity index (χ3n) is 1.46. The quantitative estimate of drug-likeness (QED) is 0.444. The molecule has 0 radical (unpaired) electrons. The Balaban J connectivity index is 3.28. The minimum absolute atomic E-state index is 0.483. The van der Waals surface area contributed by atoms with Gasteiger partial charge in [0.15, 0.2) is 0 Å². The fourth-order valence-electron chi connectivity index (χ4n) is 0.434. The molecule has 62 valence electrons. The van der Waals surface area contributed by atoms with Gasteiger partial charge in [0.1, 0.15) is 0 Å². The molecule has 0 aliphatic heterocycles. The van der Waals surface area contributed by atoms with Crippen molar-refractivity contribution in [2.75, 3.05) is 13.2 Å². The second kappa shape index (κ2) is 4.66. The summed E-state index contributed by atoms with van der Waals surface area (Å²) in [5.41, 5.74) is 2.03. The highest BCUT2D eigenvalue weighted by Gasteiger charge is 2.16. The van der Waals surface area contributed by atoms with Crippen LogP contribution in [-0.4, -0.2) is 23.9 Å². The van der Waals surface area contributed by atoms with Gasteiger partial charge in [-0.05, 0) is 20.3 Å². The summed E-state index contributed by atoms with van der Waals surface area (Å²) in [6.07, 6.45) is 0.729. The summed E-state index contributed by atoms with van der Waals surface area (Å²) >= 11 is 0. The van der Waals surface area contributed by atoms with Gasteiger partial charge < -0.3 is 9.94 Å². The van der Waals surface area contributed by atoms with E-state index in [9.17, 15) is 5.11 Å². The molecule has 0 aromatic rings. The fraction of sp³-hybridized carbons (Fsp3) is 1.00. The second-order valence-corrected chi connectivity index (χ2v) is 2.60. The van der Waals surface area contributed by atoms with E-state index in [1.807, 2.05) is 13.8 Å². The Morgan fingerprint density at radius 2 is 2.10 bits per heavy atom. The van der Waals surface area contributed by atoms with Gasteiger partial charge in [-0.25, -0.2) is 0 Å². The van der Waals surface area contributed by atoms with Crippen LogP contribution < -0.4 is 5.48 Å². The third-order valence-corrected chi connectivity index (χ3v) is 1.46. The van der Waals surface area contributed by atoms with Gasteiger partial charge in [-0.1, -0.05) is 6.92 Å². The maximum atomic E-state index is 9.41. The molecule has 0 aromatic heterocycles. The number of nitrogens with one attached hydrogen (secondary N) is 1. The van der Waals surface area contributed by atoms with Gasteiger partial charge in [-0.2, -0.15) is 5.48 Å². The highest BCUT2D eigenvalue weighted by molar-refractivity contribution is 4.70. The van der Waals surface area contributed by atoms with Crippen LogP contribution in [0.5, 0.6) is 0 Å². The maximum Gasteiger partial charge on any atom is 0.0764 e. The molecule has 0 rings (SSSR count). The summed E-state index contributed by atoms with van der Waals surface area (Å²) < 4.78 is 0. The molecular weight excluding hydrogens is 130 g/mol. The normalized spacial score (nSPS) is 16.8. The highest BCUT2D eigenvalue weighted by atomic mass is 16.6. The lowest BCUT2D eigenvalue weighted by molar-refractivity contribution is -0.0206. The molecule has 1 unspecified atom stereocenters. The Morgan fingerprint density at radius 1 is 1.50 bits per heavy atom. The molecule has 0 aliphatic carbocycles. The molecule has 0 saturated carbocycles. The average Bonchev–Trinajstić information content (AvgIpc) is 1.89. The van der Waals surface area contributed by atoms with Crippen molar-refractivity contribution in [3.63, 3.8) is 0 Å². The fourth-order valence-corrected chi connectivity index (χ4v) is 0.434. The molecule has 0 saturated heterocycles. The van der Waals surface area contributed by atoms with E-state index in [2.05, 4.69) is 5.48 Å². The molecule has 0 bridgehead atoms. The van der Waals surface area contributed by atoms with Crippen molar-refractivity contribution in [3.8, 4) is 0 Å². The van der Waals surface area contributed by atoms with E-state index in [1.165, 1.54) is 0 Å². The molecule has 0 heterocycles. The van der Waals surface area contributed by atoms with Crippen LogP contribution in [0.4, 0.5) is 0 Å². The standard InChI is InChI=1S/C7H17NO2/c1-4-7(3,9)6-8-10-5-2/h8-9H,4-6H2,1-3H3. The first kappa shape index (κ1) is 9.88. The van der Waals surface area contributed by atoms with Crippen LogP contribution in [0.15, 0.2) is 0 Å². The number of hydrogen-bond acceptors (Lipinski definition) is 3. The molecule has 3 heteroatoms. The van der Waals surface area contributed by atoms with Crippen LogP contribution >= 0.6 is 0 Å². The topological polar surface area (TPSA) is 41.5 Å². The summed E-state index contributed by atoms with van der Waals surface area (Å²) in [7, 11) is 0. The Morgan fingerprint density at radius 3 is 2.50 bits per heavy atom. The number of hydrogen-bond donors (Lipinski definition) is 2. The van der Waals surface area contributed by atoms with Crippen LogP contribution in [0.1, 0.15) is 27.2 Å². The van der Waals surface area contributed by atoms with Crippen molar-refractivity contribution in [1.29, 1.82) is 0 Å². The average molecular weight is 147 g/mol. The molecule has 0 spiro atoms. The Labute approximate surface area is 62.3 Å². The van der Waals surface area contributed by atoms with E-state index in [0.29, 0.717) is 13.2 Å². The third kappa shape index (κ3) is 4.73. The monoisotopic (exact) mass is 147 g/mol. The zero-order valence-electron chi connectivity index (χ0n) is 6.98. The van der Waals surface area contributed by atoms with Crippen molar-refractivity contribution in [3.05, 3.63) is 0 Å². The molecule has 10 heavy (non-hydrogen) atoms. The van der Waals surface area contributed by atoms with Gasteiger partial charge in [-0.15, -0.1) is 0 Å². The Bertz CT molecular complexity index is 83.7. The summed E-state index contributed by atoms with van der Waals surface area (Å²) in [5, 5.41) is 9.41. The Kier molecular flexibility index (Phi) is 4.60. The second-order valence-electron chi connectivity index (χ2n) is 2.60. The van der Waals surface area contributed by atoms with Gasteiger partial charge in [0, 0.05) is 6.54 Å². The molecule has 3 nitrogen and oxygen atoms in total. The van der Waals surface area contributed by atoms with E-state index in [4.69, 9.17) is 4.84 Å². The molecule has 0 aromatic carbocycles. The summed E-state index contributed by atoms with van der Waals surface area (Å²) in [6, 6.07) is 0. The van der Waals surface area contributed by atoms with Gasteiger partial charge in [0.05, 0.1) is 12.2 Å². The predicted molar refractivity (Wildman–Crippen MR) is 40.5 cm³/mol. The predicted octanol–water partition coefficient (Wildman–Crippen LogP) is 0.688. The van der Waals surface area contributed by atoms with E-state index >= 15 is 0 Å². The van der Waals surface area contributed by atoms with Crippen molar-refractivity contribution < 1.29 is 9.94 Å². The van der Waals surface area contributed by atoms with Crippen LogP contribution in [-0.2, 0) is 4.84 Å². The van der Waals surface area contributed by atoms with Crippen molar-refractivity contribution in [1.82, 2.24) is 5.48 Å². The number of hydroxylamine groups is 1. The number of rotatable bonds is 5. The van der Waals surface area contributed by atoms with Crippen LogP contribution in [0, 0.1) is 0 Å². The maximum absolute atomic E-state index is 9.41. The molecular formula is C7H17NO2. The molecule has 0 amide bonds. The minimum atomic E-state index is -0.644. The van der Waals surface area contributed by atoms with Crippen molar-refractivity contribution in [2.45, 2.75) is 32.8 Å². The first-order valence-electron chi connectivity index (χ1n) is 3.69. The van der Waals surface area contributed by atoms with Crippen LogP contribution in [0.3, 0.4) is 0 Å².